The zero-order valence-corrected chi connectivity index (χ0v) is 9.38. The molecule has 0 atom stereocenters. The number of aliphatic imine (C=N–C) groups is 1. The minimum atomic E-state index is 0.463. The first-order valence-electron chi connectivity index (χ1n) is 5.57. The van der Waals surface area contributed by atoms with Gasteiger partial charge in [-0.3, -0.25) is 10.4 Å². The van der Waals surface area contributed by atoms with E-state index in [-0.39, 0.29) is 0 Å². The molecule has 0 aromatic carbocycles. The van der Waals surface area contributed by atoms with Crippen LogP contribution < -0.4 is 0 Å². The van der Waals surface area contributed by atoms with Crippen molar-refractivity contribution < 1.29 is 0 Å². The van der Waals surface area contributed by atoms with Crippen LogP contribution in [0.1, 0.15) is 26.2 Å². The molecular formula is C14H14N2. The zero-order valence-electron chi connectivity index (χ0n) is 9.38. The average Bonchev–Trinajstić information content (AvgIpc) is 2.54. The quantitative estimate of drug-likeness (QED) is 0.680. The van der Waals surface area contributed by atoms with E-state index in [1.54, 1.807) is 0 Å². The summed E-state index contributed by atoms with van der Waals surface area (Å²) in [7, 11) is 0. The first-order chi connectivity index (χ1) is 7.83. The second-order valence-corrected chi connectivity index (χ2v) is 3.74. The number of nitrogens with one attached hydrogen (secondary N) is 1. The maximum Gasteiger partial charge on any atom is 0.104 e. The lowest BCUT2D eigenvalue weighted by molar-refractivity contribution is 0.956. The molecule has 0 saturated carbocycles. The lowest BCUT2D eigenvalue weighted by atomic mass is 9.98. The molecule has 1 aliphatic heterocycles. The molecule has 0 fully saturated rings. The highest BCUT2D eigenvalue weighted by molar-refractivity contribution is 6.16. The van der Waals surface area contributed by atoms with Crippen LogP contribution in [0.2, 0.25) is 0 Å². The summed E-state index contributed by atoms with van der Waals surface area (Å²) >= 11 is 0. The van der Waals surface area contributed by atoms with Crippen LogP contribution >= 0.6 is 0 Å². The Kier molecular flexibility index (Phi) is 3.16. The van der Waals surface area contributed by atoms with Crippen LogP contribution in [0.3, 0.4) is 0 Å². The van der Waals surface area contributed by atoms with E-state index in [2.05, 4.69) is 23.8 Å². The Balaban J connectivity index is 2.37. The first kappa shape index (κ1) is 10.6. The van der Waals surface area contributed by atoms with E-state index < -0.39 is 0 Å². The van der Waals surface area contributed by atoms with E-state index in [1.807, 2.05) is 24.4 Å². The molecule has 0 bridgehead atoms. The van der Waals surface area contributed by atoms with Crippen molar-refractivity contribution in [2.24, 2.45) is 4.99 Å². The zero-order chi connectivity index (χ0) is 11.4. The van der Waals surface area contributed by atoms with Crippen LogP contribution in [-0.2, 0) is 0 Å². The Labute approximate surface area is 96.0 Å². The molecule has 80 valence electrons. The molecule has 0 amide bonds. The maximum absolute atomic E-state index is 8.07. The van der Waals surface area contributed by atoms with Crippen molar-refractivity contribution >= 4 is 11.9 Å². The summed E-state index contributed by atoms with van der Waals surface area (Å²) in [6.07, 6.45) is 10.7. The number of unbranched alkanes of at least 4 members (excludes halogenated alkanes) is 1. The lowest BCUT2D eigenvalue weighted by Crippen LogP contribution is -2.08. The van der Waals surface area contributed by atoms with Gasteiger partial charge < -0.3 is 0 Å². The SMILES string of the molecule is CCC/C=C1/C#CC2=C(N=CCC=C2)C1=N. The normalized spacial score (nSPS) is 20.6. The number of rotatable bonds is 2. The van der Waals surface area contributed by atoms with E-state index in [9.17, 15) is 0 Å². The van der Waals surface area contributed by atoms with Crippen molar-refractivity contribution in [1.29, 1.82) is 5.41 Å². The lowest BCUT2D eigenvalue weighted by Gasteiger charge is -2.09. The molecule has 16 heavy (non-hydrogen) atoms. The van der Waals surface area contributed by atoms with E-state index in [0.29, 0.717) is 5.71 Å². The minimum absolute atomic E-state index is 0.463. The predicted molar refractivity (Wildman–Crippen MR) is 67.8 cm³/mol. The Morgan fingerprint density at radius 2 is 2.38 bits per heavy atom. The van der Waals surface area contributed by atoms with E-state index in [0.717, 1.165) is 36.1 Å². The molecule has 2 rings (SSSR count). The molecule has 0 saturated heterocycles. The van der Waals surface area contributed by atoms with Gasteiger partial charge in [-0.15, -0.1) is 0 Å². The molecule has 0 aromatic rings. The van der Waals surface area contributed by atoms with Gasteiger partial charge in [-0.05, 0) is 12.5 Å². The molecule has 2 aliphatic rings. The number of nitrogens with zero attached hydrogens (tertiary/aromatic N) is 1. The van der Waals surface area contributed by atoms with Gasteiger partial charge in [0.05, 0.1) is 11.3 Å². The Morgan fingerprint density at radius 1 is 1.50 bits per heavy atom. The Hall–Kier alpha value is -1.88. The average molecular weight is 210 g/mol. The number of hydrogen-bond acceptors (Lipinski definition) is 2. The van der Waals surface area contributed by atoms with Crippen LogP contribution in [-0.4, -0.2) is 11.9 Å². The van der Waals surface area contributed by atoms with Gasteiger partial charge >= 0.3 is 0 Å². The summed E-state index contributed by atoms with van der Waals surface area (Å²) in [4.78, 5) is 4.31. The fourth-order valence-corrected chi connectivity index (χ4v) is 1.61. The molecule has 0 spiro atoms. The summed E-state index contributed by atoms with van der Waals surface area (Å²) in [5.41, 5.74) is 2.86. The fraction of sp³-hybridized carbons (Fsp3) is 0.286. The highest BCUT2D eigenvalue weighted by atomic mass is 14.8. The second-order valence-electron chi connectivity index (χ2n) is 3.74. The minimum Gasteiger partial charge on any atom is -0.297 e. The van der Waals surface area contributed by atoms with E-state index in [4.69, 9.17) is 5.41 Å². The van der Waals surface area contributed by atoms with Crippen molar-refractivity contribution in [1.82, 2.24) is 0 Å². The Morgan fingerprint density at radius 3 is 3.19 bits per heavy atom. The smallest absolute Gasteiger partial charge is 0.104 e. The molecular weight excluding hydrogens is 196 g/mol. The Bertz CT molecular complexity index is 491. The van der Waals surface area contributed by atoms with Crippen LogP contribution in [0.15, 0.2) is 40.1 Å². The van der Waals surface area contributed by atoms with Crippen molar-refractivity contribution in [3.05, 3.63) is 35.1 Å². The third kappa shape index (κ3) is 2.04. The highest BCUT2D eigenvalue weighted by Gasteiger charge is 2.16. The standard InChI is InChI=1S/C14H14N2/c1-2-3-6-11-8-9-12-7-4-5-10-16-14(12)13(11)15/h4,6-7,10,15H,2-3,5H2,1H3/b11-6-,15-13?. The molecule has 0 aromatic heterocycles. The second kappa shape index (κ2) is 4.76. The maximum atomic E-state index is 8.07. The summed E-state index contributed by atoms with van der Waals surface area (Å²) in [6.45, 7) is 2.12. The van der Waals surface area contributed by atoms with E-state index in [1.165, 1.54) is 0 Å². The highest BCUT2D eigenvalue weighted by Crippen LogP contribution is 2.20. The molecule has 0 unspecified atom stereocenters. The van der Waals surface area contributed by atoms with Gasteiger partial charge in [0.1, 0.15) is 5.70 Å². The van der Waals surface area contributed by atoms with E-state index >= 15 is 0 Å². The van der Waals surface area contributed by atoms with Gasteiger partial charge in [-0.2, -0.15) is 0 Å². The van der Waals surface area contributed by atoms with Crippen LogP contribution in [0.4, 0.5) is 0 Å². The molecule has 1 heterocycles. The van der Waals surface area contributed by atoms with Crippen molar-refractivity contribution in [3.63, 3.8) is 0 Å². The van der Waals surface area contributed by atoms with Gasteiger partial charge in [0.2, 0.25) is 0 Å². The van der Waals surface area contributed by atoms with Crippen molar-refractivity contribution in [2.45, 2.75) is 26.2 Å². The first-order valence-corrected chi connectivity index (χ1v) is 5.57. The van der Waals surface area contributed by atoms with Crippen molar-refractivity contribution in [2.75, 3.05) is 0 Å². The van der Waals surface area contributed by atoms with Gasteiger partial charge in [-0.25, -0.2) is 0 Å². The van der Waals surface area contributed by atoms with Crippen LogP contribution in [0.5, 0.6) is 0 Å². The van der Waals surface area contributed by atoms with Crippen molar-refractivity contribution in [3.8, 4) is 11.8 Å². The number of allylic oxidation sites excluding steroid dienone is 5. The third-order valence-corrected chi connectivity index (χ3v) is 2.48. The fourth-order valence-electron chi connectivity index (χ4n) is 1.61. The summed E-state index contributed by atoms with van der Waals surface area (Å²) in [6, 6.07) is 0. The summed E-state index contributed by atoms with van der Waals surface area (Å²) in [5.74, 6) is 6.10. The molecule has 2 heteroatoms. The van der Waals surface area contributed by atoms with Gasteiger partial charge in [0.25, 0.3) is 0 Å². The van der Waals surface area contributed by atoms with Crippen LogP contribution in [0, 0.1) is 17.3 Å². The molecule has 1 aliphatic carbocycles. The van der Waals surface area contributed by atoms with Gasteiger partial charge in [0, 0.05) is 18.2 Å². The van der Waals surface area contributed by atoms with Crippen LogP contribution in [0.25, 0.3) is 0 Å². The van der Waals surface area contributed by atoms with Gasteiger partial charge in [0.15, 0.2) is 0 Å². The molecule has 1 N–H and O–H groups in total. The topological polar surface area (TPSA) is 36.2 Å². The monoisotopic (exact) mass is 210 g/mol. The third-order valence-electron chi connectivity index (χ3n) is 2.48. The predicted octanol–water partition coefficient (Wildman–Crippen LogP) is 3.03. The summed E-state index contributed by atoms with van der Waals surface area (Å²) in [5, 5.41) is 8.07. The molecule has 2 nitrogen and oxygen atoms in total. The molecule has 0 radical (unpaired) electrons. The number of hydrogen-bond donors (Lipinski definition) is 1. The van der Waals surface area contributed by atoms with Gasteiger partial charge in [-0.1, -0.05) is 37.3 Å². The largest absolute Gasteiger partial charge is 0.297 e. The summed E-state index contributed by atoms with van der Waals surface area (Å²) < 4.78 is 0.